The third-order valence-electron chi connectivity index (χ3n) is 2.81. The van der Waals surface area contributed by atoms with Crippen LogP contribution in [0, 0.1) is 17.2 Å². The molecule has 0 saturated heterocycles. The summed E-state index contributed by atoms with van der Waals surface area (Å²) in [5.41, 5.74) is 0. The average molecular weight is 225 g/mol. The molecule has 2 unspecified atom stereocenters. The Hall–Kier alpha value is -0.590. The Bertz CT molecular complexity index is 208. The van der Waals surface area contributed by atoms with E-state index >= 15 is 0 Å². The van der Waals surface area contributed by atoms with Crippen molar-refractivity contribution in [2.75, 3.05) is 20.1 Å². The molecule has 0 aromatic rings. The zero-order chi connectivity index (χ0) is 12.6. The van der Waals surface area contributed by atoms with Crippen LogP contribution in [-0.2, 0) is 0 Å². The van der Waals surface area contributed by atoms with Crippen LogP contribution in [-0.4, -0.2) is 37.1 Å². The molecule has 0 aliphatic carbocycles. The molecular formula is C13H27N3. The van der Waals surface area contributed by atoms with Gasteiger partial charge < -0.3 is 4.90 Å². The molecule has 0 spiro atoms. The number of hydrogen-bond acceptors (Lipinski definition) is 3. The fourth-order valence-electron chi connectivity index (χ4n) is 1.69. The molecule has 3 nitrogen and oxygen atoms in total. The molecular weight excluding hydrogens is 198 g/mol. The van der Waals surface area contributed by atoms with Gasteiger partial charge in [0.1, 0.15) is 0 Å². The van der Waals surface area contributed by atoms with Crippen molar-refractivity contribution >= 4 is 0 Å². The van der Waals surface area contributed by atoms with E-state index in [0.29, 0.717) is 6.04 Å². The Balaban J connectivity index is 3.80. The fourth-order valence-corrected chi connectivity index (χ4v) is 1.69. The van der Waals surface area contributed by atoms with Crippen molar-refractivity contribution in [3.63, 3.8) is 0 Å². The van der Waals surface area contributed by atoms with Gasteiger partial charge in [0.2, 0.25) is 0 Å². The molecule has 0 heterocycles. The number of hydrogen-bond donors (Lipinski definition) is 1. The Morgan fingerprint density at radius 2 is 1.94 bits per heavy atom. The second kappa shape index (κ2) is 8.55. The molecule has 0 aromatic carbocycles. The summed E-state index contributed by atoms with van der Waals surface area (Å²) in [6.07, 6.45) is 2.12. The highest BCUT2D eigenvalue weighted by atomic mass is 15.1. The smallest absolute Gasteiger partial charge is 0.0967 e. The van der Waals surface area contributed by atoms with Gasteiger partial charge in [-0.2, -0.15) is 5.26 Å². The Morgan fingerprint density at radius 3 is 2.38 bits per heavy atom. The van der Waals surface area contributed by atoms with Crippen LogP contribution in [0.25, 0.3) is 0 Å². The molecule has 0 aliphatic heterocycles. The van der Waals surface area contributed by atoms with E-state index in [-0.39, 0.29) is 6.04 Å². The normalized spacial score (nSPS) is 15.1. The molecule has 0 aromatic heterocycles. The fraction of sp³-hybridized carbons (Fsp3) is 0.923. The van der Waals surface area contributed by atoms with Crippen LogP contribution in [0.2, 0.25) is 0 Å². The van der Waals surface area contributed by atoms with Crippen molar-refractivity contribution in [2.24, 2.45) is 5.92 Å². The Morgan fingerprint density at radius 1 is 1.31 bits per heavy atom. The summed E-state index contributed by atoms with van der Waals surface area (Å²) in [7, 11) is 2.13. The van der Waals surface area contributed by atoms with E-state index in [1.807, 2.05) is 0 Å². The van der Waals surface area contributed by atoms with Gasteiger partial charge in [-0.25, -0.2) is 0 Å². The number of nitrogens with zero attached hydrogens (tertiary/aromatic N) is 2. The van der Waals surface area contributed by atoms with Gasteiger partial charge in [0.15, 0.2) is 0 Å². The van der Waals surface area contributed by atoms with Crippen LogP contribution in [0.5, 0.6) is 0 Å². The standard InChI is InChI=1S/C13H27N3/c1-6-12(4)10-16(5)8-7-13(9-14)15-11(2)3/h11-13,15H,6-8,10H2,1-5H3. The lowest BCUT2D eigenvalue weighted by molar-refractivity contribution is 0.270. The third-order valence-corrected chi connectivity index (χ3v) is 2.81. The van der Waals surface area contributed by atoms with Gasteiger partial charge in [-0.05, 0) is 33.2 Å². The topological polar surface area (TPSA) is 39.1 Å². The van der Waals surface area contributed by atoms with Crippen LogP contribution in [0.15, 0.2) is 0 Å². The maximum absolute atomic E-state index is 8.98. The molecule has 0 amide bonds. The molecule has 0 aliphatic rings. The zero-order valence-electron chi connectivity index (χ0n) is 11.5. The summed E-state index contributed by atoms with van der Waals surface area (Å²) < 4.78 is 0. The molecule has 1 N–H and O–H groups in total. The average Bonchev–Trinajstić information content (AvgIpc) is 2.23. The molecule has 0 fully saturated rings. The lowest BCUT2D eigenvalue weighted by Crippen LogP contribution is -2.37. The van der Waals surface area contributed by atoms with Gasteiger partial charge in [-0.1, -0.05) is 20.3 Å². The Kier molecular flexibility index (Phi) is 8.23. The lowest BCUT2D eigenvalue weighted by Gasteiger charge is -2.22. The summed E-state index contributed by atoms with van der Waals surface area (Å²) in [5, 5.41) is 12.2. The van der Waals surface area contributed by atoms with Crippen molar-refractivity contribution in [3.8, 4) is 6.07 Å². The van der Waals surface area contributed by atoms with Crippen molar-refractivity contribution in [1.29, 1.82) is 5.26 Å². The highest BCUT2D eigenvalue weighted by molar-refractivity contribution is 4.90. The van der Waals surface area contributed by atoms with Gasteiger partial charge in [-0.3, -0.25) is 5.32 Å². The summed E-state index contributed by atoms with van der Waals surface area (Å²) >= 11 is 0. The predicted molar refractivity (Wildman–Crippen MR) is 69.2 cm³/mol. The van der Waals surface area contributed by atoms with Crippen molar-refractivity contribution in [1.82, 2.24) is 10.2 Å². The van der Waals surface area contributed by atoms with Crippen LogP contribution < -0.4 is 5.32 Å². The van der Waals surface area contributed by atoms with Gasteiger partial charge in [0, 0.05) is 19.1 Å². The summed E-state index contributed by atoms with van der Waals surface area (Å²) in [6, 6.07) is 2.68. The van der Waals surface area contributed by atoms with Crippen LogP contribution in [0.1, 0.15) is 40.5 Å². The molecule has 0 saturated carbocycles. The maximum Gasteiger partial charge on any atom is 0.0967 e. The summed E-state index contributed by atoms with van der Waals surface area (Å²) in [6.45, 7) is 10.8. The van der Waals surface area contributed by atoms with Crippen LogP contribution >= 0.6 is 0 Å². The quantitative estimate of drug-likeness (QED) is 0.688. The van der Waals surface area contributed by atoms with Gasteiger partial charge in [0.25, 0.3) is 0 Å². The van der Waals surface area contributed by atoms with Gasteiger partial charge in [-0.15, -0.1) is 0 Å². The van der Waals surface area contributed by atoms with Crippen molar-refractivity contribution in [3.05, 3.63) is 0 Å². The van der Waals surface area contributed by atoms with Gasteiger partial charge in [0.05, 0.1) is 12.1 Å². The summed E-state index contributed by atoms with van der Waals surface area (Å²) in [4.78, 5) is 2.32. The van der Waals surface area contributed by atoms with Crippen LogP contribution in [0.4, 0.5) is 0 Å². The largest absolute Gasteiger partial charge is 0.306 e. The first-order valence-corrected chi connectivity index (χ1v) is 6.33. The minimum Gasteiger partial charge on any atom is -0.306 e. The molecule has 2 atom stereocenters. The van der Waals surface area contributed by atoms with E-state index in [9.17, 15) is 0 Å². The molecule has 0 radical (unpaired) electrons. The first-order valence-electron chi connectivity index (χ1n) is 6.33. The highest BCUT2D eigenvalue weighted by Crippen LogP contribution is 2.04. The molecule has 0 rings (SSSR count). The number of nitrogens with one attached hydrogen (secondary N) is 1. The van der Waals surface area contributed by atoms with E-state index < -0.39 is 0 Å². The number of rotatable bonds is 8. The summed E-state index contributed by atoms with van der Waals surface area (Å²) in [5.74, 6) is 0.739. The van der Waals surface area contributed by atoms with Crippen molar-refractivity contribution in [2.45, 2.75) is 52.6 Å². The molecule has 94 valence electrons. The first-order chi connectivity index (χ1) is 7.49. The minimum absolute atomic E-state index is 0.0145. The monoisotopic (exact) mass is 225 g/mol. The highest BCUT2D eigenvalue weighted by Gasteiger charge is 2.10. The Labute approximate surface area is 101 Å². The van der Waals surface area contributed by atoms with Gasteiger partial charge >= 0.3 is 0 Å². The minimum atomic E-state index is -0.0145. The van der Waals surface area contributed by atoms with E-state index in [0.717, 1.165) is 25.4 Å². The molecule has 3 heteroatoms. The first kappa shape index (κ1) is 15.4. The van der Waals surface area contributed by atoms with E-state index in [1.165, 1.54) is 6.42 Å². The third kappa shape index (κ3) is 7.67. The second-order valence-electron chi connectivity index (χ2n) is 5.07. The maximum atomic E-state index is 8.98. The van der Waals surface area contributed by atoms with Crippen molar-refractivity contribution < 1.29 is 0 Å². The second-order valence-corrected chi connectivity index (χ2v) is 5.07. The van der Waals surface area contributed by atoms with E-state index in [2.05, 4.69) is 51.0 Å². The predicted octanol–water partition coefficient (Wildman–Crippen LogP) is 2.24. The van der Waals surface area contributed by atoms with Crippen LogP contribution in [0.3, 0.4) is 0 Å². The van der Waals surface area contributed by atoms with E-state index in [1.54, 1.807) is 0 Å². The molecule has 0 bridgehead atoms. The zero-order valence-corrected chi connectivity index (χ0v) is 11.5. The molecule has 16 heavy (non-hydrogen) atoms. The van der Waals surface area contributed by atoms with E-state index in [4.69, 9.17) is 5.26 Å². The number of nitriles is 1. The SMILES string of the molecule is CCC(C)CN(C)CCC(C#N)NC(C)C. The lowest BCUT2D eigenvalue weighted by atomic mass is 10.1.